The molecule has 0 saturated carbocycles. The number of rotatable bonds is 3. The predicted octanol–water partition coefficient (Wildman–Crippen LogP) is 0.589. The van der Waals surface area contributed by atoms with Gasteiger partial charge in [-0.1, -0.05) is 0 Å². The standard InChI is InChI=1S/C11H19N5/c1-15(2)8-9-4-3-5-16(9)11-7-13-10(12)6-14-11/h6-7,9H,3-5,8H2,1-2H3,(H2,12,13). The minimum atomic E-state index is 0.479. The fourth-order valence-electron chi connectivity index (χ4n) is 2.23. The lowest BCUT2D eigenvalue weighted by Crippen LogP contribution is -2.38. The van der Waals surface area contributed by atoms with Crippen LogP contribution in [0.2, 0.25) is 0 Å². The molecule has 1 fully saturated rings. The molecule has 0 aromatic carbocycles. The van der Waals surface area contributed by atoms with Gasteiger partial charge < -0.3 is 15.5 Å². The molecule has 2 rings (SSSR count). The summed E-state index contributed by atoms with van der Waals surface area (Å²) in [7, 11) is 4.20. The molecule has 0 amide bonds. The van der Waals surface area contributed by atoms with Crippen LogP contribution in [-0.4, -0.2) is 48.1 Å². The predicted molar refractivity (Wildman–Crippen MR) is 65.4 cm³/mol. The van der Waals surface area contributed by atoms with Crippen molar-refractivity contribution >= 4 is 11.6 Å². The number of aromatic nitrogens is 2. The molecule has 5 nitrogen and oxygen atoms in total. The highest BCUT2D eigenvalue weighted by Gasteiger charge is 2.25. The SMILES string of the molecule is CN(C)CC1CCCN1c1cnc(N)cn1. The second-order valence-corrected chi connectivity index (χ2v) is 4.55. The van der Waals surface area contributed by atoms with Crippen molar-refractivity contribution in [3.05, 3.63) is 12.4 Å². The first kappa shape index (κ1) is 11.1. The maximum atomic E-state index is 5.54. The molecule has 0 aliphatic carbocycles. The van der Waals surface area contributed by atoms with E-state index in [-0.39, 0.29) is 0 Å². The van der Waals surface area contributed by atoms with Crippen molar-refractivity contribution in [1.82, 2.24) is 14.9 Å². The van der Waals surface area contributed by atoms with E-state index in [2.05, 4.69) is 33.9 Å². The number of nitrogens with two attached hydrogens (primary N) is 1. The van der Waals surface area contributed by atoms with E-state index in [0.717, 1.165) is 18.9 Å². The van der Waals surface area contributed by atoms with Crippen molar-refractivity contribution in [2.24, 2.45) is 0 Å². The molecule has 88 valence electrons. The third-order valence-corrected chi connectivity index (χ3v) is 2.91. The fraction of sp³-hybridized carbons (Fsp3) is 0.636. The van der Waals surface area contributed by atoms with E-state index < -0.39 is 0 Å². The first-order valence-corrected chi connectivity index (χ1v) is 5.65. The van der Waals surface area contributed by atoms with Crippen LogP contribution >= 0.6 is 0 Å². The molecule has 5 heteroatoms. The summed E-state index contributed by atoms with van der Waals surface area (Å²) in [4.78, 5) is 13.0. The average Bonchev–Trinajstić information content (AvgIpc) is 2.66. The Morgan fingerprint density at radius 3 is 2.88 bits per heavy atom. The van der Waals surface area contributed by atoms with Gasteiger partial charge in [-0.3, -0.25) is 0 Å². The van der Waals surface area contributed by atoms with Crippen LogP contribution in [0.15, 0.2) is 12.4 Å². The Morgan fingerprint density at radius 1 is 1.44 bits per heavy atom. The highest BCUT2D eigenvalue weighted by Crippen LogP contribution is 2.23. The topological polar surface area (TPSA) is 58.3 Å². The van der Waals surface area contributed by atoms with Crippen molar-refractivity contribution in [3.63, 3.8) is 0 Å². The summed E-state index contributed by atoms with van der Waals surface area (Å²) in [6.45, 7) is 2.13. The van der Waals surface area contributed by atoms with Gasteiger partial charge in [0.2, 0.25) is 0 Å². The first-order valence-electron chi connectivity index (χ1n) is 5.65. The molecule has 0 bridgehead atoms. The minimum Gasteiger partial charge on any atom is -0.382 e. The van der Waals surface area contributed by atoms with Crippen molar-refractivity contribution in [3.8, 4) is 0 Å². The molecule has 1 atom stereocenters. The van der Waals surface area contributed by atoms with E-state index in [1.165, 1.54) is 12.8 Å². The lowest BCUT2D eigenvalue weighted by Gasteiger charge is -2.27. The number of hydrogen-bond donors (Lipinski definition) is 1. The second-order valence-electron chi connectivity index (χ2n) is 4.55. The molecule has 2 heterocycles. The summed E-state index contributed by atoms with van der Waals surface area (Å²) in [6, 6.07) is 0.549. The van der Waals surface area contributed by atoms with E-state index >= 15 is 0 Å². The van der Waals surface area contributed by atoms with Crippen LogP contribution in [0.1, 0.15) is 12.8 Å². The van der Waals surface area contributed by atoms with E-state index in [4.69, 9.17) is 5.73 Å². The monoisotopic (exact) mass is 221 g/mol. The van der Waals surface area contributed by atoms with Gasteiger partial charge in [0.1, 0.15) is 11.6 Å². The van der Waals surface area contributed by atoms with Gasteiger partial charge in [-0.05, 0) is 26.9 Å². The zero-order chi connectivity index (χ0) is 11.5. The number of nitrogen functional groups attached to an aromatic ring is 1. The number of hydrogen-bond acceptors (Lipinski definition) is 5. The van der Waals surface area contributed by atoms with Gasteiger partial charge in [0.15, 0.2) is 0 Å². The Labute approximate surface area is 96.3 Å². The highest BCUT2D eigenvalue weighted by molar-refractivity contribution is 5.41. The molecule has 1 aliphatic rings. The van der Waals surface area contributed by atoms with E-state index in [1.807, 2.05) is 0 Å². The van der Waals surface area contributed by atoms with Crippen molar-refractivity contribution < 1.29 is 0 Å². The third-order valence-electron chi connectivity index (χ3n) is 2.91. The Morgan fingerprint density at radius 2 is 2.25 bits per heavy atom. The summed E-state index contributed by atoms with van der Waals surface area (Å²) >= 11 is 0. The molecular formula is C11H19N5. The molecule has 1 saturated heterocycles. The molecule has 2 N–H and O–H groups in total. The summed E-state index contributed by atoms with van der Waals surface area (Å²) in [6.07, 6.45) is 5.85. The summed E-state index contributed by atoms with van der Waals surface area (Å²) in [5, 5.41) is 0. The lowest BCUT2D eigenvalue weighted by molar-refractivity contribution is 0.371. The molecule has 0 spiro atoms. The Balaban J connectivity index is 2.10. The Kier molecular flexibility index (Phi) is 3.24. The van der Waals surface area contributed by atoms with E-state index in [9.17, 15) is 0 Å². The highest BCUT2D eigenvalue weighted by atomic mass is 15.3. The maximum absolute atomic E-state index is 5.54. The number of nitrogens with zero attached hydrogens (tertiary/aromatic N) is 4. The average molecular weight is 221 g/mol. The van der Waals surface area contributed by atoms with Crippen LogP contribution in [0.25, 0.3) is 0 Å². The van der Waals surface area contributed by atoms with Crippen LogP contribution in [0.5, 0.6) is 0 Å². The van der Waals surface area contributed by atoms with Crippen LogP contribution in [0, 0.1) is 0 Å². The molecular weight excluding hydrogens is 202 g/mol. The van der Waals surface area contributed by atoms with Gasteiger partial charge in [0, 0.05) is 19.1 Å². The molecule has 1 aromatic rings. The van der Waals surface area contributed by atoms with E-state index in [0.29, 0.717) is 11.9 Å². The van der Waals surface area contributed by atoms with Crippen LogP contribution in [0.3, 0.4) is 0 Å². The Hall–Kier alpha value is -1.36. The summed E-state index contributed by atoms with van der Waals surface area (Å²) < 4.78 is 0. The quantitative estimate of drug-likeness (QED) is 0.809. The van der Waals surface area contributed by atoms with E-state index in [1.54, 1.807) is 12.4 Å². The first-order chi connectivity index (χ1) is 7.66. The van der Waals surface area contributed by atoms with Gasteiger partial charge in [-0.2, -0.15) is 0 Å². The van der Waals surface area contributed by atoms with Crippen molar-refractivity contribution in [2.45, 2.75) is 18.9 Å². The zero-order valence-corrected chi connectivity index (χ0v) is 9.93. The van der Waals surface area contributed by atoms with Crippen LogP contribution < -0.4 is 10.6 Å². The van der Waals surface area contributed by atoms with Gasteiger partial charge >= 0.3 is 0 Å². The molecule has 0 radical (unpaired) electrons. The molecule has 1 aliphatic heterocycles. The normalized spacial score (nSPS) is 20.7. The minimum absolute atomic E-state index is 0.479. The van der Waals surface area contributed by atoms with Gasteiger partial charge in [-0.15, -0.1) is 0 Å². The van der Waals surface area contributed by atoms with Gasteiger partial charge in [0.05, 0.1) is 12.4 Å². The maximum Gasteiger partial charge on any atom is 0.147 e. The Bertz CT molecular complexity index is 335. The van der Waals surface area contributed by atoms with Crippen LogP contribution in [-0.2, 0) is 0 Å². The zero-order valence-electron chi connectivity index (χ0n) is 9.93. The third kappa shape index (κ3) is 2.41. The largest absolute Gasteiger partial charge is 0.382 e. The van der Waals surface area contributed by atoms with Crippen molar-refractivity contribution in [2.75, 3.05) is 37.8 Å². The second kappa shape index (κ2) is 4.65. The summed E-state index contributed by atoms with van der Waals surface area (Å²) in [5.41, 5.74) is 5.54. The summed E-state index contributed by atoms with van der Waals surface area (Å²) in [5.74, 6) is 1.42. The molecule has 1 aromatic heterocycles. The van der Waals surface area contributed by atoms with Crippen LogP contribution in [0.4, 0.5) is 11.6 Å². The number of likely N-dealkylation sites (N-methyl/N-ethyl adjacent to an activating group) is 1. The van der Waals surface area contributed by atoms with Crippen molar-refractivity contribution in [1.29, 1.82) is 0 Å². The smallest absolute Gasteiger partial charge is 0.147 e. The van der Waals surface area contributed by atoms with Gasteiger partial charge in [-0.25, -0.2) is 9.97 Å². The fourth-order valence-corrected chi connectivity index (χ4v) is 2.23. The number of anilines is 2. The lowest BCUT2D eigenvalue weighted by atomic mass is 10.2. The van der Waals surface area contributed by atoms with Gasteiger partial charge in [0.25, 0.3) is 0 Å². The molecule has 16 heavy (non-hydrogen) atoms. The molecule has 1 unspecified atom stereocenters.